The molecule has 0 saturated carbocycles. The van der Waals surface area contributed by atoms with Crippen LogP contribution in [0.2, 0.25) is 18.1 Å². The van der Waals surface area contributed by atoms with E-state index >= 15 is 0 Å². The summed E-state index contributed by atoms with van der Waals surface area (Å²) >= 11 is 3.09. The first-order valence-electron chi connectivity index (χ1n) is 11.9. The molecular weight excluding hydrogens is 481 g/mol. The van der Waals surface area contributed by atoms with Gasteiger partial charge in [0.25, 0.3) is 0 Å². The van der Waals surface area contributed by atoms with Gasteiger partial charge in [-0.1, -0.05) is 52.0 Å². The fourth-order valence-corrected chi connectivity index (χ4v) is 6.95. The third-order valence-electron chi connectivity index (χ3n) is 6.68. The molecule has 0 saturated heterocycles. The molecule has 0 spiro atoms. The number of amidine groups is 1. The second kappa shape index (κ2) is 10.2. The topological polar surface area (TPSA) is 111 Å². The number of hydrogen-bond acceptors (Lipinski definition) is 9. The van der Waals surface area contributed by atoms with Crippen LogP contribution in [0.15, 0.2) is 29.4 Å². The van der Waals surface area contributed by atoms with Crippen molar-refractivity contribution in [3.63, 3.8) is 0 Å². The first-order chi connectivity index (χ1) is 15.7. The monoisotopic (exact) mass is 520 g/mol. The molecule has 0 bridgehead atoms. The van der Waals surface area contributed by atoms with E-state index in [-0.39, 0.29) is 16.2 Å². The van der Waals surface area contributed by atoms with Gasteiger partial charge in [-0.2, -0.15) is 0 Å². The number of rotatable bonds is 9. The van der Waals surface area contributed by atoms with Crippen LogP contribution in [0.1, 0.15) is 63.8 Å². The average Bonchev–Trinajstić information content (AvgIpc) is 3.11. The molecule has 3 atom stereocenters. The molecule has 10 heteroatoms. The van der Waals surface area contributed by atoms with Gasteiger partial charge in [-0.3, -0.25) is 4.98 Å². The molecule has 2 aromatic heterocycles. The number of hydrogen-bond donors (Lipinski definition) is 3. The minimum atomic E-state index is -1.97. The van der Waals surface area contributed by atoms with E-state index in [1.165, 1.54) is 11.3 Å². The Balaban J connectivity index is 2.03. The lowest BCUT2D eigenvalue weighted by Crippen LogP contribution is -2.50. The summed E-state index contributed by atoms with van der Waals surface area (Å²) in [6.07, 6.45) is 2.76. The van der Waals surface area contributed by atoms with E-state index in [1.807, 2.05) is 18.3 Å². The number of nitrogens with two attached hydrogens (primary N) is 2. The number of nitrogens with one attached hydrogen (secondary N) is 1. The summed E-state index contributed by atoms with van der Waals surface area (Å²) in [6, 6.07) is 6.01. The third-order valence-corrected chi connectivity index (χ3v) is 13.6. The highest BCUT2D eigenvalue weighted by atomic mass is 32.2. The predicted molar refractivity (Wildman–Crippen MR) is 150 cm³/mol. The summed E-state index contributed by atoms with van der Waals surface area (Å²) in [5, 5.41) is 4.34. The minimum Gasteiger partial charge on any atom is -0.416 e. The quantitative estimate of drug-likeness (QED) is 0.343. The first-order valence-corrected chi connectivity index (χ1v) is 16.5. The zero-order valence-corrected chi connectivity index (χ0v) is 24.3. The first kappa shape index (κ1) is 27.0. The van der Waals surface area contributed by atoms with Crippen LogP contribution in [0.25, 0.3) is 0 Å². The highest BCUT2D eigenvalue weighted by molar-refractivity contribution is 8.01. The SMILES string of the molecule is CC(C)C[C@H](CO[Si](C)(C)C(C)(C)C)C1(SC(C)c2ccccn2)N=C(N)c2sc(N)nc2N1. The van der Waals surface area contributed by atoms with Crippen molar-refractivity contribution in [2.75, 3.05) is 17.7 Å². The van der Waals surface area contributed by atoms with E-state index in [0.717, 1.165) is 17.0 Å². The van der Waals surface area contributed by atoms with Crippen LogP contribution in [0, 0.1) is 11.8 Å². The molecule has 1 aliphatic heterocycles. The van der Waals surface area contributed by atoms with Crippen LogP contribution in [0.5, 0.6) is 0 Å². The fraction of sp³-hybridized carbons (Fsp3) is 0.625. The molecule has 3 rings (SSSR count). The van der Waals surface area contributed by atoms with E-state index in [4.69, 9.17) is 20.9 Å². The molecule has 188 valence electrons. The zero-order chi connectivity index (χ0) is 25.3. The van der Waals surface area contributed by atoms with Crippen molar-refractivity contribution in [2.24, 2.45) is 22.6 Å². The molecule has 0 fully saturated rings. The third kappa shape index (κ3) is 5.95. The van der Waals surface area contributed by atoms with Crippen LogP contribution in [0.3, 0.4) is 0 Å². The largest absolute Gasteiger partial charge is 0.416 e. The molecule has 7 nitrogen and oxygen atoms in total. The van der Waals surface area contributed by atoms with Gasteiger partial charge in [0, 0.05) is 24.0 Å². The Morgan fingerprint density at radius 1 is 1.21 bits per heavy atom. The predicted octanol–water partition coefficient (Wildman–Crippen LogP) is 6.08. The van der Waals surface area contributed by atoms with Crippen LogP contribution >= 0.6 is 23.1 Å². The van der Waals surface area contributed by atoms with E-state index < -0.39 is 13.3 Å². The van der Waals surface area contributed by atoms with Gasteiger partial charge in [-0.25, -0.2) is 9.98 Å². The molecule has 5 N–H and O–H groups in total. The zero-order valence-electron chi connectivity index (χ0n) is 21.7. The number of anilines is 2. The van der Waals surface area contributed by atoms with Crippen molar-refractivity contribution in [3.8, 4) is 0 Å². The fourth-order valence-electron chi connectivity index (χ4n) is 3.75. The van der Waals surface area contributed by atoms with Gasteiger partial charge in [0.15, 0.2) is 24.3 Å². The van der Waals surface area contributed by atoms with E-state index in [2.05, 4.69) is 76.0 Å². The highest BCUT2D eigenvalue weighted by Gasteiger charge is 2.47. The van der Waals surface area contributed by atoms with Gasteiger partial charge in [-0.15, -0.1) is 11.8 Å². The summed E-state index contributed by atoms with van der Waals surface area (Å²) in [5.74, 6) is 1.70. The van der Waals surface area contributed by atoms with Crippen molar-refractivity contribution in [1.29, 1.82) is 0 Å². The average molecular weight is 521 g/mol. The highest BCUT2D eigenvalue weighted by Crippen LogP contribution is 2.49. The number of pyridine rings is 1. The summed E-state index contributed by atoms with van der Waals surface area (Å²) in [4.78, 5) is 14.3. The lowest BCUT2D eigenvalue weighted by Gasteiger charge is -2.44. The lowest BCUT2D eigenvalue weighted by molar-refractivity contribution is 0.184. The van der Waals surface area contributed by atoms with Crippen molar-refractivity contribution in [3.05, 3.63) is 35.0 Å². The molecule has 34 heavy (non-hydrogen) atoms. The Labute approximate surface area is 213 Å². The molecular formula is C24H40N6OS2Si. The molecule has 1 aliphatic rings. The summed E-state index contributed by atoms with van der Waals surface area (Å²) < 4.78 is 6.77. The van der Waals surface area contributed by atoms with Crippen LogP contribution in [0.4, 0.5) is 10.9 Å². The van der Waals surface area contributed by atoms with E-state index in [9.17, 15) is 0 Å². The van der Waals surface area contributed by atoms with Gasteiger partial charge in [0.1, 0.15) is 10.7 Å². The number of fused-ring (bicyclic) bond motifs is 1. The molecule has 2 unspecified atom stereocenters. The molecule has 0 aromatic carbocycles. The maximum atomic E-state index is 6.77. The normalized spacial score (nSPS) is 20.4. The van der Waals surface area contributed by atoms with Crippen molar-refractivity contribution < 1.29 is 4.43 Å². The van der Waals surface area contributed by atoms with Crippen molar-refractivity contribution >= 4 is 48.2 Å². The minimum absolute atomic E-state index is 0.0624. The number of aromatic nitrogens is 2. The number of nitrogen functional groups attached to an aromatic ring is 1. The van der Waals surface area contributed by atoms with Gasteiger partial charge in [0.05, 0.1) is 5.69 Å². The molecule has 3 heterocycles. The summed E-state index contributed by atoms with van der Waals surface area (Å²) in [6.45, 7) is 18.6. The molecule has 2 aromatic rings. The smallest absolute Gasteiger partial charge is 0.191 e. The Hall–Kier alpha value is -1.62. The van der Waals surface area contributed by atoms with Crippen LogP contribution in [-0.2, 0) is 4.43 Å². The summed E-state index contributed by atoms with van der Waals surface area (Å²) in [5.41, 5.74) is 13.6. The second-order valence-electron chi connectivity index (χ2n) is 11.0. The standard InChI is InChI=1S/C24H40N6OS2Si/c1-15(2)13-17(14-31-34(7,8)23(4,5)6)24(33-16(3)18-11-9-10-12-27-18)29-20(25)19-21(30-24)28-22(26)32-19/h9-12,15-17,30H,13-14H2,1-8H3,(H2,25,29)(H2,26,28)/t16?,17-,24?/m1/s1. The summed E-state index contributed by atoms with van der Waals surface area (Å²) in [7, 11) is -1.97. The Morgan fingerprint density at radius 3 is 2.50 bits per heavy atom. The maximum absolute atomic E-state index is 6.77. The number of thiazole rings is 1. The second-order valence-corrected chi connectivity index (χ2v) is 18.4. The number of nitrogens with zero attached hydrogens (tertiary/aromatic N) is 3. The van der Waals surface area contributed by atoms with Crippen molar-refractivity contribution in [2.45, 2.75) is 76.3 Å². The van der Waals surface area contributed by atoms with Crippen LogP contribution in [-0.4, -0.2) is 35.7 Å². The number of thioether (sulfide) groups is 1. The molecule has 0 aliphatic carbocycles. The van der Waals surface area contributed by atoms with Gasteiger partial charge >= 0.3 is 0 Å². The Morgan fingerprint density at radius 2 is 1.91 bits per heavy atom. The Bertz CT molecular complexity index is 1000. The lowest BCUT2D eigenvalue weighted by atomic mass is 9.94. The molecule has 0 radical (unpaired) electrons. The van der Waals surface area contributed by atoms with Crippen molar-refractivity contribution in [1.82, 2.24) is 9.97 Å². The van der Waals surface area contributed by atoms with Gasteiger partial charge in [-0.05, 0) is 49.5 Å². The van der Waals surface area contributed by atoms with Crippen LogP contribution < -0.4 is 16.8 Å². The van der Waals surface area contributed by atoms with E-state index in [1.54, 1.807) is 11.8 Å². The molecule has 0 amide bonds. The maximum Gasteiger partial charge on any atom is 0.191 e. The van der Waals surface area contributed by atoms with E-state index in [0.29, 0.717) is 29.3 Å². The Kier molecular flexibility index (Phi) is 8.06. The number of aliphatic imine (C=N–C) groups is 1. The van der Waals surface area contributed by atoms with Gasteiger partial charge < -0.3 is 21.2 Å². The van der Waals surface area contributed by atoms with Gasteiger partial charge in [0.2, 0.25) is 0 Å².